The summed E-state index contributed by atoms with van der Waals surface area (Å²) in [6.45, 7) is 2.19. The number of ether oxygens (including phenoxy) is 1. The molecule has 0 spiro atoms. The first kappa shape index (κ1) is 15.0. The first-order chi connectivity index (χ1) is 10.5. The van der Waals surface area contributed by atoms with Crippen molar-refractivity contribution in [2.45, 2.75) is 51.0 Å². The summed E-state index contributed by atoms with van der Waals surface area (Å²) in [5, 5.41) is 17.0. The second-order valence-corrected chi connectivity index (χ2v) is 6.18. The van der Waals surface area contributed by atoms with E-state index < -0.39 is 18.2 Å². The van der Waals surface area contributed by atoms with Crippen molar-refractivity contribution in [2.75, 3.05) is 0 Å². The van der Waals surface area contributed by atoms with Gasteiger partial charge in [-0.1, -0.05) is 12.1 Å². The fraction of sp³-hybridized carbons (Fsp3) is 0.714. The van der Waals surface area contributed by atoms with Gasteiger partial charge in [-0.15, -0.1) is 5.10 Å². The third-order valence-corrected chi connectivity index (χ3v) is 4.19. The lowest BCUT2D eigenvalue weighted by Crippen LogP contribution is -2.40. The van der Waals surface area contributed by atoms with E-state index in [1.807, 2.05) is 0 Å². The SMILES string of the molecule is C[C@@H]1C[C@H](C(=O)N(Cc2cn(C)nn2)C2CC2)O[C@H]1C(=O)O. The molecule has 3 rings (SSSR count). The molecule has 1 aromatic heterocycles. The third kappa shape index (κ3) is 2.96. The van der Waals surface area contributed by atoms with E-state index in [0.717, 1.165) is 18.5 Å². The van der Waals surface area contributed by atoms with Gasteiger partial charge >= 0.3 is 5.97 Å². The largest absolute Gasteiger partial charge is 0.479 e. The van der Waals surface area contributed by atoms with Crippen LogP contribution >= 0.6 is 0 Å². The Morgan fingerprint density at radius 3 is 2.73 bits per heavy atom. The number of carboxylic acids is 1. The summed E-state index contributed by atoms with van der Waals surface area (Å²) in [7, 11) is 1.78. The van der Waals surface area contributed by atoms with Gasteiger partial charge < -0.3 is 14.7 Å². The molecule has 120 valence electrons. The zero-order chi connectivity index (χ0) is 15.9. The molecule has 1 aliphatic heterocycles. The third-order valence-electron chi connectivity index (χ3n) is 4.19. The van der Waals surface area contributed by atoms with Gasteiger partial charge in [0.15, 0.2) is 6.10 Å². The van der Waals surface area contributed by atoms with E-state index in [1.54, 1.807) is 29.7 Å². The quantitative estimate of drug-likeness (QED) is 0.833. The van der Waals surface area contributed by atoms with Gasteiger partial charge in [0.05, 0.1) is 6.54 Å². The minimum Gasteiger partial charge on any atom is -0.479 e. The Kier molecular flexibility index (Phi) is 3.86. The van der Waals surface area contributed by atoms with Crippen LogP contribution in [0.3, 0.4) is 0 Å². The fourth-order valence-corrected chi connectivity index (χ4v) is 2.89. The first-order valence-corrected chi connectivity index (χ1v) is 7.49. The number of hydrogen-bond donors (Lipinski definition) is 1. The van der Waals surface area contributed by atoms with Gasteiger partial charge in [0.1, 0.15) is 11.8 Å². The van der Waals surface area contributed by atoms with E-state index in [-0.39, 0.29) is 17.9 Å². The average molecular weight is 308 g/mol. The van der Waals surface area contributed by atoms with Crippen LogP contribution in [0.15, 0.2) is 6.20 Å². The molecule has 8 heteroatoms. The Bertz CT molecular complexity index is 583. The van der Waals surface area contributed by atoms with Crippen LogP contribution in [-0.4, -0.2) is 55.1 Å². The minimum atomic E-state index is -1.00. The molecule has 0 unspecified atom stereocenters. The number of rotatable bonds is 5. The lowest BCUT2D eigenvalue weighted by Gasteiger charge is -2.24. The van der Waals surface area contributed by atoms with Gasteiger partial charge in [-0.05, 0) is 25.2 Å². The number of carbonyl (C=O) groups is 2. The van der Waals surface area contributed by atoms with Crippen molar-refractivity contribution in [3.05, 3.63) is 11.9 Å². The molecule has 1 N–H and O–H groups in total. The smallest absolute Gasteiger partial charge is 0.333 e. The molecule has 1 amide bonds. The summed E-state index contributed by atoms with van der Waals surface area (Å²) in [6.07, 6.45) is 2.59. The maximum Gasteiger partial charge on any atom is 0.333 e. The van der Waals surface area contributed by atoms with Crippen LogP contribution < -0.4 is 0 Å². The van der Waals surface area contributed by atoms with Gasteiger partial charge in [-0.2, -0.15) is 0 Å². The highest BCUT2D eigenvalue weighted by Crippen LogP contribution is 2.33. The average Bonchev–Trinajstić information content (AvgIpc) is 3.10. The number of amides is 1. The van der Waals surface area contributed by atoms with Crippen molar-refractivity contribution in [2.24, 2.45) is 13.0 Å². The summed E-state index contributed by atoms with van der Waals surface area (Å²) in [5.41, 5.74) is 0.726. The second-order valence-electron chi connectivity index (χ2n) is 6.18. The molecule has 2 aliphatic rings. The number of aromatic nitrogens is 3. The number of hydrogen-bond acceptors (Lipinski definition) is 5. The molecule has 1 aliphatic carbocycles. The van der Waals surface area contributed by atoms with Gasteiger partial charge in [0.2, 0.25) is 0 Å². The molecular weight excluding hydrogens is 288 g/mol. The maximum atomic E-state index is 12.7. The predicted molar refractivity (Wildman–Crippen MR) is 74.7 cm³/mol. The van der Waals surface area contributed by atoms with E-state index in [4.69, 9.17) is 9.84 Å². The van der Waals surface area contributed by atoms with Crippen LogP contribution in [0.4, 0.5) is 0 Å². The number of aryl methyl sites for hydroxylation is 1. The van der Waals surface area contributed by atoms with Gasteiger partial charge in [0.25, 0.3) is 5.91 Å². The van der Waals surface area contributed by atoms with Crippen LogP contribution in [0, 0.1) is 5.92 Å². The number of carbonyl (C=O) groups excluding carboxylic acids is 1. The standard InChI is InChI=1S/C14H20N4O4/c1-8-5-11(22-12(8)14(20)21)13(19)18(10-3-4-10)7-9-6-17(2)16-15-9/h6,8,10-12H,3-5,7H2,1-2H3,(H,20,21)/t8-,11-,12-/m1/s1. The van der Waals surface area contributed by atoms with Crippen LogP contribution in [0.1, 0.15) is 31.9 Å². The van der Waals surface area contributed by atoms with Crippen molar-refractivity contribution in [3.63, 3.8) is 0 Å². The van der Waals surface area contributed by atoms with Crippen molar-refractivity contribution < 1.29 is 19.4 Å². The molecule has 1 aromatic rings. The Balaban J connectivity index is 1.69. The number of carboxylic acid groups (broad SMARTS) is 1. The molecule has 0 radical (unpaired) electrons. The van der Waals surface area contributed by atoms with Crippen molar-refractivity contribution in [1.82, 2.24) is 19.9 Å². The summed E-state index contributed by atoms with van der Waals surface area (Å²) in [5.74, 6) is -1.30. The zero-order valence-electron chi connectivity index (χ0n) is 12.7. The molecule has 22 heavy (non-hydrogen) atoms. The fourth-order valence-electron chi connectivity index (χ4n) is 2.89. The number of aliphatic carboxylic acids is 1. The van der Waals surface area contributed by atoms with Crippen LogP contribution in [0.5, 0.6) is 0 Å². The van der Waals surface area contributed by atoms with Crippen LogP contribution in [0.2, 0.25) is 0 Å². The Labute approximate surface area is 128 Å². The van der Waals surface area contributed by atoms with E-state index >= 15 is 0 Å². The Morgan fingerprint density at radius 2 is 2.23 bits per heavy atom. The number of nitrogens with zero attached hydrogens (tertiary/aromatic N) is 4. The summed E-state index contributed by atoms with van der Waals surface area (Å²) in [4.78, 5) is 25.6. The lowest BCUT2D eigenvalue weighted by atomic mass is 10.0. The maximum absolute atomic E-state index is 12.7. The molecule has 2 heterocycles. The van der Waals surface area contributed by atoms with Gasteiger partial charge in [0, 0.05) is 19.3 Å². The van der Waals surface area contributed by atoms with Crippen molar-refractivity contribution in [3.8, 4) is 0 Å². The first-order valence-electron chi connectivity index (χ1n) is 7.49. The van der Waals surface area contributed by atoms with E-state index in [0.29, 0.717) is 13.0 Å². The summed E-state index contributed by atoms with van der Waals surface area (Å²) in [6, 6.07) is 0.206. The van der Waals surface area contributed by atoms with E-state index in [2.05, 4.69) is 10.3 Å². The lowest BCUT2D eigenvalue weighted by molar-refractivity contribution is -0.156. The molecule has 0 aromatic carbocycles. The minimum absolute atomic E-state index is 0.135. The van der Waals surface area contributed by atoms with Crippen molar-refractivity contribution >= 4 is 11.9 Å². The van der Waals surface area contributed by atoms with Crippen LogP contribution in [-0.2, 0) is 27.9 Å². The molecule has 3 atom stereocenters. The highest BCUT2D eigenvalue weighted by molar-refractivity contribution is 5.83. The highest BCUT2D eigenvalue weighted by Gasteiger charge is 2.44. The Hall–Kier alpha value is -1.96. The summed E-state index contributed by atoms with van der Waals surface area (Å²) < 4.78 is 7.06. The van der Waals surface area contributed by atoms with Crippen LogP contribution in [0.25, 0.3) is 0 Å². The van der Waals surface area contributed by atoms with Gasteiger partial charge in [-0.25, -0.2) is 4.79 Å². The Morgan fingerprint density at radius 1 is 1.50 bits per heavy atom. The van der Waals surface area contributed by atoms with E-state index in [1.165, 1.54) is 0 Å². The molecule has 8 nitrogen and oxygen atoms in total. The summed E-state index contributed by atoms with van der Waals surface area (Å²) >= 11 is 0. The normalized spacial score (nSPS) is 27.8. The van der Waals surface area contributed by atoms with Gasteiger partial charge in [-0.3, -0.25) is 9.48 Å². The monoisotopic (exact) mass is 308 g/mol. The van der Waals surface area contributed by atoms with Crippen molar-refractivity contribution in [1.29, 1.82) is 0 Å². The zero-order valence-corrected chi connectivity index (χ0v) is 12.7. The van der Waals surface area contributed by atoms with E-state index in [9.17, 15) is 9.59 Å². The molecular formula is C14H20N4O4. The molecule has 2 fully saturated rings. The second kappa shape index (κ2) is 5.68. The molecule has 0 bridgehead atoms. The molecule has 1 saturated heterocycles. The predicted octanol–water partition coefficient (Wildman–Crippen LogP) is 0.184. The highest BCUT2D eigenvalue weighted by atomic mass is 16.5. The topological polar surface area (TPSA) is 97.5 Å². The molecule has 1 saturated carbocycles.